The van der Waals surface area contributed by atoms with Gasteiger partial charge in [0, 0.05) is 12.2 Å². The third kappa shape index (κ3) is 4.14. The molecule has 10 heteroatoms. The number of aliphatic hydroxyl groups is 1. The van der Waals surface area contributed by atoms with Gasteiger partial charge in [-0.15, -0.1) is 5.10 Å². The Morgan fingerprint density at radius 2 is 1.91 bits per heavy atom. The fourth-order valence-corrected chi connectivity index (χ4v) is 5.53. The number of ether oxygens (including phenoxy) is 3. The van der Waals surface area contributed by atoms with Crippen LogP contribution in [0.4, 0.5) is 0 Å². The first kappa shape index (κ1) is 22.7. The first-order chi connectivity index (χ1) is 16.9. The Morgan fingerprint density at radius 1 is 1.11 bits per heavy atom. The van der Waals surface area contributed by atoms with Gasteiger partial charge in [-0.25, -0.2) is 9.67 Å². The summed E-state index contributed by atoms with van der Waals surface area (Å²) in [6.45, 7) is 5.82. The van der Waals surface area contributed by atoms with Crippen LogP contribution in [0.1, 0.15) is 39.7 Å². The third-order valence-corrected chi connectivity index (χ3v) is 7.41. The van der Waals surface area contributed by atoms with E-state index in [4.69, 9.17) is 19.2 Å². The molecule has 2 aromatic carbocycles. The van der Waals surface area contributed by atoms with Gasteiger partial charge < -0.3 is 19.3 Å². The molecule has 0 radical (unpaired) electrons. The third-order valence-electron chi connectivity index (χ3n) is 6.36. The van der Waals surface area contributed by atoms with Crippen molar-refractivity contribution in [1.82, 2.24) is 25.0 Å². The highest BCUT2D eigenvalue weighted by Gasteiger charge is 2.55. The number of aliphatic hydroxyl groups excluding tert-OH is 1. The number of aromatic nitrogens is 5. The lowest BCUT2D eigenvalue weighted by Gasteiger charge is -2.22. The average molecular weight is 494 g/mol. The van der Waals surface area contributed by atoms with Crippen LogP contribution in [0, 0.1) is 0 Å². The molecule has 3 heterocycles. The van der Waals surface area contributed by atoms with E-state index in [1.807, 2.05) is 50.2 Å². The van der Waals surface area contributed by atoms with Crippen molar-refractivity contribution in [2.24, 2.45) is 0 Å². The van der Waals surface area contributed by atoms with Crippen LogP contribution in [0.25, 0.3) is 21.9 Å². The number of hydrogen-bond donors (Lipinski definition) is 1. The van der Waals surface area contributed by atoms with Crippen LogP contribution in [0.2, 0.25) is 0 Å². The number of fused-ring (bicyclic) bond motifs is 3. The maximum Gasteiger partial charge on any atom is 0.253 e. The van der Waals surface area contributed by atoms with E-state index in [9.17, 15) is 5.11 Å². The topological polar surface area (TPSA) is 104 Å². The van der Waals surface area contributed by atoms with Gasteiger partial charge in [0.15, 0.2) is 22.1 Å². The summed E-state index contributed by atoms with van der Waals surface area (Å²) in [5.74, 6) is 1.12. The normalized spacial score (nSPS) is 25.4. The predicted octanol–water partition coefficient (Wildman–Crippen LogP) is 4.49. The Morgan fingerprint density at radius 3 is 2.74 bits per heavy atom. The first-order valence-corrected chi connectivity index (χ1v) is 12.9. The molecule has 182 valence electrons. The summed E-state index contributed by atoms with van der Waals surface area (Å²) >= 11 is 1.56. The van der Waals surface area contributed by atoms with Gasteiger partial charge in [0.25, 0.3) is 5.88 Å². The minimum atomic E-state index is -0.771. The molecular weight excluding hydrogens is 466 g/mol. The molecule has 1 aliphatic heterocycles. The number of benzene rings is 2. The lowest BCUT2D eigenvalue weighted by Crippen LogP contribution is -2.29. The lowest BCUT2D eigenvalue weighted by molar-refractivity contribution is -0.165. The molecule has 9 nitrogen and oxygen atoms in total. The molecule has 2 aliphatic rings. The van der Waals surface area contributed by atoms with E-state index < -0.39 is 18.0 Å². The number of rotatable bonds is 6. The molecule has 2 unspecified atom stereocenters. The standard InChI is InChI=1S/C25H27N5O4S/c1-4-11-35-24-26-22-19(23(27-24)32-16-10-9-14-7-5-6-8-15(14)12-16)28-29-30(22)17-13-18(31)21-20(17)33-25(2,3)34-21/h5-10,12,17-18,20-21,31H,4,11,13H2,1-3H3/t17?,18-,20?,21+/m0/s1. The van der Waals surface area contributed by atoms with E-state index in [0.717, 1.165) is 22.9 Å². The Hall–Kier alpha value is -2.79. The van der Waals surface area contributed by atoms with Crippen molar-refractivity contribution in [3.05, 3.63) is 42.5 Å². The summed E-state index contributed by atoms with van der Waals surface area (Å²) < 4.78 is 20.1. The molecule has 6 rings (SSSR count). The molecular formula is C25H27N5O4S. The Labute approximate surface area is 206 Å². The molecule has 0 spiro atoms. The number of hydrogen-bond acceptors (Lipinski definition) is 9. The van der Waals surface area contributed by atoms with Crippen LogP contribution in [-0.2, 0) is 9.47 Å². The molecule has 1 saturated heterocycles. The largest absolute Gasteiger partial charge is 0.437 e. The first-order valence-electron chi connectivity index (χ1n) is 11.9. The van der Waals surface area contributed by atoms with Crippen LogP contribution in [0.5, 0.6) is 11.6 Å². The van der Waals surface area contributed by atoms with Gasteiger partial charge in [-0.05, 0) is 43.2 Å². The van der Waals surface area contributed by atoms with Crippen LogP contribution in [0.3, 0.4) is 0 Å². The van der Waals surface area contributed by atoms with Gasteiger partial charge in [0.05, 0.1) is 12.1 Å². The molecule has 1 saturated carbocycles. The predicted molar refractivity (Wildman–Crippen MR) is 132 cm³/mol. The number of thioether (sulfide) groups is 1. The van der Waals surface area contributed by atoms with Crippen molar-refractivity contribution in [3.8, 4) is 11.6 Å². The summed E-state index contributed by atoms with van der Waals surface area (Å²) in [5.41, 5.74) is 1.02. The fourth-order valence-electron chi connectivity index (χ4n) is 4.85. The molecule has 1 N–H and O–H groups in total. The van der Waals surface area contributed by atoms with E-state index in [-0.39, 0.29) is 12.1 Å². The van der Waals surface area contributed by atoms with E-state index in [1.165, 1.54) is 0 Å². The Balaban J connectivity index is 1.41. The zero-order valence-corrected chi connectivity index (χ0v) is 20.6. The molecule has 0 bridgehead atoms. The van der Waals surface area contributed by atoms with Crippen molar-refractivity contribution in [3.63, 3.8) is 0 Å². The Bertz CT molecular complexity index is 1390. The van der Waals surface area contributed by atoms with Crippen LogP contribution >= 0.6 is 11.8 Å². The number of nitrogens with zero attached hydrogens (tertiary/aromatic N) is 5. The Kier molecular flexibility index (Phi) is 5.63. The second kappa shape index (κ2) is 8.70. The summed E-state index contributed by atoms with van der Waals surface area (Å²) in [5, 5.41) is 22.3. The van der Waals surface area contributed by atoms with Crippen molar-refractivity contribution in [2.45, 2.75) is 68.9 Å². The smallest absolute Gasteiger partial charge is 0.253 e. The molecule has 1 aliphatic carbocycles. The second-order valence-electron chi connectivity index (χ2n) is 9.41. The minimum Gasteiger partial charge on any atom is -0.437 e. The monoisotopic (exact) mass is 493 g/mol. The van der Waals surface area contributed by atoms with Gasteiger partial charge in [-0.3, -0.25) is 0 Å². The SMILES string of the molecule is CCCSc1nc(Oc2ccc3ccccc3c2)c2nnn(C3C[C@H](O)[C@H]4OC(C)(C)OC34)c2n1. The van der Waals surface area contributed by atoms with Gasteiger partial charge in [0.2, 0.25) is 0 Å². The summed E-state index contributed by atoms with van der Waals surface area (Å²) in [6, 6.07) is 13.8. The van der Waals surface area contributed by atoms with E-state index in [2.05, 4.69) is 28.3 Å². The molecule has 0 amide bonds. The summed E-state index contributed by atoms with van der Waals surface area (Å²) in [7, 11) is 0. The van der Waals surface area contributed by atoms with Crippen molar-refractivity contribution in [1.29, 1.82) is 0 Å². The summed E-state index contributed by atoms with van der Waals surface area (Å²) in [4.78, 5) is 9.44. The van der Waals surface area contributed by atoms with Gasteiger partial charge in [0.1, 0.15) is 18.0 Å². The van der Waals surface area contributed by atoms with E-state index in [0.29, 0.717) is 34.4 Å². The van der Waals surface area contributed by atoms with Crippen LogP contribution in [-0.4, -0.2) is 59.9 Å². The lowest BCUT2D eigenvalue weighted by atomic mass is 10.1. The highest BCUT2D eigenvalue weighted by molar-refractivity contribution is 7.99. The van der Waals surface area contributed by atoms with Gasteiger partial charge in [-0.1, -0.05) is 54.2 Å². The average Bonchev–Trinajstić information content (AvgIpc) is 3.49. The van der Waals surface area contributed by atoms with Crippen molar-refractivity contribution < 1.29 is 19.3 Å². The second-order valence-corrected chi connectivity index (χ2v) is 10.5. The molecule has 35 heavy (non-hydrogen) atoms. The minimum absolute atomic E-state index is 0.269. The van der Waals surface area contributed by atoms with Crippen molar-refractivity contribution >= 4 is 33.7 Å². The zero-order valence-electron chi connectivity index (χ0n) is 19.8. The van der Waals surface area contributed by atoms with Crippen LogP contribution in [0.15, 0.2) is 47.6 Å². The van der Waals surface area contributed by atoms with Crippen LogP contribution < -0.4 is 4.74 Å². The quantitative estimate of drug-likeness (QED) is 0.307. The maximum atomic E-state index is 10.7. The molecule has 2 aromatic heterocycles. The zero-order chi connectivity index (χ0) is 24.2. The van der Waals surface area contributed by atoms with Crippen molar-refractivity contribution in [2.75, 3.05) is 5.75 Å². The van der Waals surface area contributed by atoms with E-state index in [1.54, 1.807) is 16.4 Å². The highest BCUT2D eigenvalue weighted by atomic mass is 32.2. The highest BCUT2D eigenvalue weighted by Crippen LogP contribution is 2.44. The molecule has 4 atom stereocenters. The van der Waals surface area contributed by atoms with Gasteiger partial charge in [-0.2, -0.15) is 4.98 Å². The fraction of sp³-hybridized carbons (Fsp3) is 0.440. The maximum absolute atomic E-state index is 10.7. The molecule has 2 fully saturated rings. The summed E-state index contributed by atoms with van der Waals surface area (Å²) in [6.07, 6.45) is 0.0000519. The molecule has 4 aromatic rings. The van der Waals surface area contributed by atoms with E-state index >= 15 is 0 Å². The van der Waals surface area contributed by atoms with Gasteiger partial charge >= 0.3 is 0 Å².